The third kappa shape index (κ3) is 3.39. The fraction of sp³-hybridized carbons (Fsp3) is 0.400. The minimum Gasteiger partial charge on any atom is -0.496 e. The lowest BCUT2D eigenvalue weighted by Gasteiger charge is -2.10. The van der Waals surface area contributed by atoms with Gasteiger partial charge in [-0.1, -0.05) is 32.1 Å². The van der Waals surface area contributed by atoms with Crippen molar-refractivity contribution in [2.75, 3.05) is 7.11 Å². The SMILES string of the molecule is CCc1nc(CC)n(Cc2ccc(OC)c(C(N)=S)c2)n1. The molecule has 0 saturated carbocycles. The Morgan fingerprint density at radius 2 is 2.10 bits per heavy atom. The van der Waals surface area contributed by atoms with Crippen molar-refractivity contribution in [1.29, 1.82) is 0 Å². The summed E-state index contributed by atoms with van der Waals surface area (Å²) in [6.07, 6.45) is 1.69. The number of methoxy groups -OCH3 is 1. The molecule has 1 aromatic heterocycles. The minimum atomic E-state index is 0.331. The van der Waals surface area contributed by atoms with Crippen LogP contribution >= 0.6 is 12.2 Å². The molecule has 2 rings (SSSR count). The number of aryl methyl sites for hydroxylation is 2. The lowest BCUT2D eigenvalue weighted by atomic mass is 10.1. The van der Waals surface area contributed by atoms with Crippen LogP contribution in [-0.2, 0) is 19.4 Å². The molecule has 21 heavy (non-hydrogen) atoms. The van der Waals surface area contributed by atoms with E-state index in [1.54, 1.807) is 7.11 Å². The zero-order valence-electron chi connectivity index (χ0n) is 12.6. The molecular formula is C15H20N4OS. The van der Waals surface area contributed by atoms with Crippen LogP contribution in [0.15, 0.2) is 18.2 Å². The maximum Gasteiger partial charge on any atom is 0.150 e. The minimum absolute atomic E-state index is 0.331. The van der Waals surface area contributed by atoms with Gasteiger partial charge in [-0.2, -0.15) is 5.10 Å². The molecule has 1 aromatic carbocycles. The highest BCUT2D eigenvalue weighted by atomic mass is 32.1. The van der Waals surface area contributed by atoms with Crippen molar-refractivity contribution in [3.63, 3.8) is 0 Å². The molecule has 2 N–H and O–H groups in total. The molecule has 0 amide bonds. The second-order valence-electron chi connectivity index (χ2n) is 4.71. The normalized spacial score (nSPS) is 10.6. The van der Waals surface area contributed by atoms with Crippen LogP contribution in [0.4, 0.5) is 0 Å². The molecule has 0 aliphatic rings. The van der Waals surface area contributed by atoms with Crippen molar-refractivity contribution in [3.8, 4) is 5.75 Å². The summed E-state index contributed by atoms with van der Waals surface area (Å²) < 4.78 is 7.21. The molecule has 112 valence electrons. The van der Waals surface area contributed by atoms with Crippen LogP contribution in [0, 0.1) is 0 Å². The van der Waals surface area contributed by atoms with Gasteiger partial charge in [0, 0.05) is 12.8 Å². The zero-order valence-corrected chi connectivity index (χ0v) is 13.4. The number of hydrogen-bond acceptors (Lipinski definition) is 4. The maximum atomic E-state index is 5.75. The van der Waals surface area contributed by atoms with Gasteiger partial charge in [0.2, 0.25) is 0 Å². The van der Waals surface area contributed by atoms with Gasteiger partial charge in [-0.05, 0) is 17.7 Å². The summed E-state index contributed by atoms with van der Waals surface area (Å²) in [6, 6.07) is 5.83. The van der Waals surface area contributed by atoms with E-state index in [1.807, 2.05) is 22.9 Å². The van der Waals surface area contributed by atoms with E-state index in [-0.39, 0.29) is 0 Å². The molecule has 0 spiro atoms. The van der Waals surface area contributed by atoms with Gasteiger partial charge < -0.3 is 10.5 Å². The van der Waals surface area contributed by atoms with E-state index in [0.717, 1.165) is 35.6 Å². The first-order valence-corrected chi connectivity index (χ1v) is 7.39. The topological polar surface area (TPSA) is 66.0 Å². The summed E-state index contributed by atoms with van der Waals surface area (Å²) in [5.41, 5.74) is 7.57. The van der Waals surface area contributed by atoms with Gasteiger partial charge in [-0.3, -0.25) is 0 Å². The molecule has 0 unspecified atom stereocenters. The Labute approximate surface area is 130 Å². The van der Waals surface area contributed by atoms with Gasteiger partial charge in [0.1, 0.15) is 16.6 Å². The molecule has 0 radical (unpaired) electrons. The monoisotopic (exact) mass is 304 g/mol. The molecule has 5 nitrogen and oxygen atoms in total. The second-order valence-corrected chi connectivity index (χ2v) is 5.15. The number of rotatable bonds is 6. The van der Waals surface area contributed by atoms with E-state index in [1.165, 1.54) is 0 Å². The van der Waals surface area contributed by atoms with Gasteiger partial charge in [0.05, 0.1) is 19.2 Å². The molecule has 6 heteroatoms. The number of benzene rings is 1. The second kappa shape index (κ2) is 6.67. The first-order chi connectivity index (χ1) is 10.1. The average molecular weight is 304 g/mol. The van der Waals surface area contributed by atoms with Gasteiger partial charge in [0.15, 0.2) is 5.82 Å². The fourth-order valence-corrected chi connectivity index (χ4v) is 2.34. The summed E-state index contributed by atoms with van der Waals surface area (Å²) in [6.45, 7) is 4.78. The number of ether oxygens (including phenoxy) is 1. The highest BCUT2D eigenvalue weighted by Crippen LogP contribution is 2.20. The smallest absolute Gasteiger partial charge is 0.150 e. The highest BCUT2D eigenvalue weighted by molar-refractivity contribution is 7.80. The standard InChI is InChI=1S/C15H20N4OS/c1-4-13-17-14(5-2)19(18-13)9-10-6-7-12(20-3)11(8-10)15(16)21/h6-8H,4-5,9H2,1-3H3,(H2,16,21). The van der Waals surface area contributed by atoms with E-state index in [9.17, 15) is 0 Å². The maximum absolute atomic E-state index is 5.75. The Bertz CT molecular complexity index is 651. The first-order valence-electron chi connectivity index (χ1n) is 6.98. The summed E-state index contributed by atoms with van der Waals surface area (Å²) in [5, 5.41) is 4.52. The lowest BCUT2D eigenvalue weighted by Crippen LogP contribution is -2.13. The van der Waals surface area contributed by atoms with Gasteiger partial charge in [-0.15, -0.1) is 0 Å². The van der Waals surface area contributed by atoms with E-state index in [0.29, 0.717) is 17.3 Å². The van der Waals surface area contributed by atoms with E-state index in [2.05, 4.69) is 23.9 Å². The summed E-state index contributed by atoms with van der Waals surface area (Å²) in [4.78, 5) is 4.84. The highest BCUT2D eigenvalue weighted by Gasteiger charge is 2.11. The molecule has 0 aliphatic heterocycles. The molecule has 0 fully saturated rings. The first kappa shape index (κ1) is 15.4. The van der Waals surface area contributed by atoms with Gasteiger partial charge in [0.25, 0.3) is 0 Å². The van der Waals surface area contributed by atoms with Crippen LogP contribution in [0.5, 0.6) is 5.75 Å². The molecule has 0 saturated heterocycles. The van der Waals surface area contributed by atoms with E-state index in [4.69, 9.17) is 22.7 Å². The van der Waals surface area contributed by atoms with Crippen LogP contribution in [0.3, 0.4) is 0 Å². The van der Waals surface area contributed by atoms with Crippen molar-refractivity contribution < 1.29 is 4.74 Å². The summed E-state index contributed by atoms with van der Waals surface area (Å²) in [7, 11) is 1.61. The average Bonchev–Trinajstić information content (AvgIpc) is 2.89. The fourth-order valence-electron chi connectivity index (χ4n) is 2.18. The van der Waals surface area contributed by atoms with Crippen molar-refractivity contribution in [3.05, 3.63) is 41.0 Å². The van der Waals surface area contributed by atoms with Gasteiger partial charge >= 0.3 is 0 Å². The van der Waals surface area contributed by atoms with Crippen molar-refractivity contribution in [2.45, 2.75) is 33.2 Å². The molecule has 0 aliphatic carbocycles. The molecule has 0 atom stereocenters. The largest absolute Gasteiger partial charge is 0.496 e. The Kier molecular flexibility index (Phi) is 4.90. The van der Waals surface area contributed by atoms with Gasteiger partial charge in [-0.25, -0.2) is 9.67 Å². The number of aromatic nitrogens is 3. The van der Waals surface area contributed by atoms with Crippen LogP contribution in [-0.4, -0.2) is 26.9 Å². The summed E-state index contributed by atoms with van der Waals surface area (Å²) in [5.74, 6) is 2.55. The molecular weight excluding hydrogens is 284 g/mol. The Balaban J connectivity index is 2.33. The molecule has 1 heterocycles. The van der Waals surface area contributed by atoms with Crippen molar-refractivity contribution in [1.82, 2.24) is 14.8 Å². The Morgan fingerprint density at radius 3 is 2.67 bits per heavy atom. The van der Waals surface area contributed by atoms with E-state index < -0.39 is 0 Å². The number of hydrogen-bond donors (Lipinski definition) is 1. The lowest BCUT2D eigenvalue weighted by molar-refractivity contribution is 0.413. The van der Waals surface area contributed by atoms with Crippen LogP contribution in [0.1, 0.15) is 36.6 Å². The number of nitrogens with two attached hydrogens (primary N) is 1. The van der Waals surface area contributed by atoms with Crippen LogP contribution in [0.2, 0.25) is 0 Å². The summed E-state index contributed by atoms with van der Waals surface area (Å²) >= 11 is 5.07. The van der Waals surface area contributed by atoms with Crippen molar-refractivity contribution in [2.24, 2.45) is 5.73 Å². The molecule has 2 aromatic rings. The van der Waals surface area contributed by atoms with E-state index >= 15 is 0 Å². The quantitative estimate of drug-likeness (QED) is 0.828. The molecule has 0 bridgehead atoms. The van der Waals surface area contributed by atoms with Crippen LogP contribution < -0.4 is 10.5 Å². The third-order valence-corrected chi connectivity index (χ3v) is 3.51. The third-order valence-electron chi connectivity index (χ3n) is 3.29. The zero-order chi connectivity index (χ0) is 15.4. The predicted molar refractivity (Wildman–Crippen MR) is 86.8 cm³/mol. The van der Waals surface area contributed by atoms with Crippen molar-refractivity contribution >= 4 is 17.2 Å². The predicted octanol–water partition coefficient (Wildman–Crippen LogP) is 2.09. The number of thiocarbonyl (C=S) groups is 1. The number of nitrogens with zero attached hydrogens (tertiary/aromatic N) is 3. The van der Waals surface area contributed by atoms with Crippen LogP contribution in [0.25, 0.3) is 0 Å². The Morgan fingerprint density at radius 1 is 1.33 bits per heavy atom. The Hall–Kier alpha value is -1.95.